The Labute approximate surface area is 188 Å². The first-order valence-electron chi connectivity index (χ1n) is 11.8. The van der Waals surface area contributed by atoms with Crippen molar-refractivity contribution in [1.82, 2.24) is 0 Å². The predicted octanol–water partition coefficient (Wildman–Crippen LogP) is 7.00. The summed E-state index contributed by atoms with van der Waals surface area (Å²) in [6, 6.07) is 16.7. The van der Waals surface area contributed by atoms with Crippen LogP contribution in [-0.4, -0.2) is 23.1 Å². The second-order valence-electron chi connectivity index (χ2n) is 9.12. The molecule has 1 fully saturated rings. The fraction of sp³-hybridized carbons (Fsp3) is 0.500. The molecule has 0 aliphatic carbocycles. The van der Waals surface area contributed by atoms with Gasteiger partial charge in [0.25, 0.3) is 0 Å². The Bertz CT molecular complexity index is 807. The van der Waals surface area contributed by atoms with Gasteiger partial charge in [0.15, 0.2) is 5.79 Å². The van der Waals surface area contributed by atoms with Gasteiger partial charge in [-0.05, 0) is 42.5 Å². The van der Waals surface area contributed by atoms with Crippen LogP contribution >= 0.6 is 0 Å². The molecule has 31 heavy (non-hydrogen) atoms. The smallest absolute Gasteiger partial charge is 0.163 e. The molecular weight excluding hydrogens is 384 g/mol. The van der Waals surface area contributed by atoms with E-state index >= 15 is 0 Å². The van der Waals surface area contributed by atoms with Gasteiger partial charge in [-0.1, -0.05) is 93.6 Å². The van der Waals surface area contributed by atoms with E-state index in [0.717, 1.165) is 24.0 Å². The third kappa shape index (κ3) is 6.77. The fourth-order valence-corrected chi connectivity index (χ4v) is 4.35. The Morgan fingerprint density at radius 3 is 2.10 bits per heavy atom. The van der Waals surface area contributed by atoms with Gasteiger partial charge in [-0.25, -0.2) is 0 Å². The van der Waals surface area contributed by atoms with Crippen LogP contribution in [0, 0.1) is 0 Å². The highest BCUT2D eigenvalue weighted by Gasteiger charge is 2.40. The van der Waals surface area contributed by atoms with Crippen molar-refractivity contribution in [3.05, 3.63) is 72.3 Å². The number of rotatable bonds is 11. The zero-order chi connectivity index (χ0) is 22.3. The molecule has 1 N–H and O–H groups in total. The number of aliphatic hydroxyl groups is 1. The SMILES string of the molecule is C=C[C@H](O)c1ccc(-c2ccc(C[C@H]3OC(C)(C)O[C@@H]3CCCCCCC)cc2)cc1. The van der Waals surface area contributed by atoms with Crippen molar-refractivity contribution >= 4 is 0 Å². The maximum absolute atomic E-state index is 9.87. The third-order valence-corrected chi connectivity index (χ3v) is 6.08. The Morgan fingerprint density at radius 1 is 0.903 bits per heavy atom. The van der Waals surface area contributed by atoms with Gasteiger partial charge in [0.05, 0.1) is 18.3 Å². The molecule has 2 aromatic carbocycles. The third-order valence-electron chi connectivity index (χ3n) is 6.08. The Balaban J connectivity index is 1.60. The summed E-state index contributed by atoms with van der Waals surface area (Å²) < 4.78 is 12.5. The molecule has 1 saturated heterocycles. The number of hydrogen-bond acceptors (Lipinski definition) is 3. The molecule has 0 unspecified atom stereocenters. The quantitative estimate of drug-likeness (QED) is 0.313. The minimum absolute atomic E-state index is 0.103. The molecule has 3 nitrogen and oxygen atoms in total. The van der Waals surface area contributed by atoms with Gasteiger partial charge < -0.3 is 14.6 Å². The molecule has 3 rings (SSSR count). The van der Waals surface area contributed by atoms with Crippen LogP contribution in [0.15, 0.2) is 61.2 Å². The average molecular weight is 423 g/mol. The highest BCUT2D eigenvalue weighted by molar-refractivity contribution is 5.64. The molecule has 0 spiro atoms. The summed E-state index contributed by atoms with van der Waals surface area (Å²) in [6.07, 6.45) is 9.52. The number of hydrogen-bond donors (Lipinski definition) is 1. The zero-order valence-corrected chi connectivity index (χ0v) is 19.3. The first kappa shape index (κ1) is 23.7. The van der Waals surface area contributed by atoms with Gasteiger partial charge in [0.2, 0.25) is 0 Å². The molecule has 3 atom stereocenters. The fourth-order valence-electron chi connectivity index (χ4n) is 4.35. The van der Waals surface area contributed by atoms with Crippen LogP contribution in [-0.2, 0) is 15.9 Å². The second-order valence-corrected chi connectivity index (χ2v) is 9.12. The monoisotopic (exact) mass is 422 g/mol. The summed E-state index contributed by atoms with van der Waals surface area (Å²) in [4.78, 5) is 0. The van der Waals surface area contributed by atoms with E-state index in [9.17, 15) is 5.11 Å². The average Bonchev–Trinajstić information content (AvgIpc) is 3.06. The molecule has 0 aromatic heterocycles. The first-order chi connectivity index (χ1) is 14.9. The van der Waals surface area contributed by atoms with Gasteiger partial charge in [-0.2, -0.15) is 0 Å². The van der Waals surface area contributed by atoms with E-state index < -0.39 is 11.9 Å². The lowest BCUT2D eigenvalue weighted by Gasteiger charge is -2.17. The number of benzene rings is 2. The lowest BCUT2D eigenvalue weighted by molar-refractivity contribution is -0.146. The lowest BCUT2D eigenvalue weighted by Crippen LogP contribution is -2.25. The maximum Gasteiger partial charge on any atom is 0.163 e. The minimum Gasteiger partial charge on any atom is -0.384 e. The molecular formula is C28H38O3. The Hall–Kier alpha value is -1.94. The van der Waals surface area contributed by atoms with Crippen molar-refractivity contribution in [2.24, 2.45) is 0 Å². The molecule has 0 amide bonds. The predicted molar refractivity (Wildman–Crippen MR) is 128 cm³/mol. The largest absolute Gasteiger partial charge is 0.384 e. The van der Waals surface area contributed by atoms with Crippen LogP contribution in [0.25, 0.3) is 11.1 Å². The van der Waals surface area contributed by atoms with Crippen molar-refractivity contribution in [2.45, 2.75) is 89.8 Å². The maximum atomic E-state index is 9.87. The van der Waals surface area contributed by atoms with Crippen LogP contribution in [0.3, 0.4) is 0 Å². The van der Waals surface area contributed by atoms with Crippen LogP contribution in [0.5, 0.6) is 0 Å². The highest BCUT2D eigenvalue weighted by atomic mass is 16.7. The molecule has 168 valence electrons. The van der Waals surface area contributed by atoms with Crippen molar-refractivity contribution in [3.8, 4) is 11.1 Å². The molecule has 0 bridgehead atoms. The molecule has 1 heterocycles. The molecule has 0 radical (unpaired) electrons. The number of unbranched alkanes of at least 4 members (excludes halogenated alkanes) is 4. The summed E-state index contributed by atoms with van der Waals surface area (Å²) >= 11 is 0. The summed E-state index contributed by atoms with van der Waals surface area (Å²) in [7, 11) is 0. The van der Waals surface area contributed by atoms with Crippen molar-refractivity contribution in [2.75, 3.05) is 0 Å². The van der Waals surface area contributed by atoms with E-state index in [1.807, 2.05) is 38.1 Å². The second kappa shape index (κ2) is 11.1. The summed E-state index contributed by atoms with van der Waals surface area (Å²) in [5.41, 5.74) is 4.43. The first-order valence-corrected chi connectivity index (χ1v) is 11.8. The summed E-state index contributed by atoms with van der Waals surface area (Å²) in [6.45, 7) is 9.93. The van der Waals surface area contributed by atoms with Crippen LogP contribution in [0.2, 0.25) is 0 Å². The van der Waals surface area contributed by atoms with Crippen LogP contribution in [0.1, 0.15) is 76.5 Å². The molecule has 1 aliphatic heterocycles. The molecule has 2 aromatic rings. The van der Waals surface area contributed by atoms with E-state index in [-0.39, 0.29) is 12.2 Å². The van der Waals surface area contributed by atoms with Gasteiger partial charge in [-0.3, -0.25) is 0 Å². The van der Waals surface area contributed by atoms with Gasteiger partial charge in [-0.15, -0.1) is 6.58 Å². The van der Waals surface area contributed by atoms with Gasteiger partial charge >= 0.3 is 0 Å². The zero-order valence-electron chi connectivity index (χ0n) is 19.3. The van der Waals surface area contributed by atoms with E-state index in [1.165, 1.54) is 43.2 Å². The van der Waals surface area contributed by atoms with Crippen LogP contribution in [0.4, 0.5) is 0 Å². The van der Waals surface area contributed by atoms with Crippen molar-refractivity contribution in [3.63, 3.8) is 0 Å². The van der Waals surface area contributed by atoms with E-state index in [0.29, 0.717) is 0 Å². The van der Waals surface area contributed by atoms with Crippen LogP contribution < -0.4 is 0 Å². The summed E-state index contributed by atoms with van der Waals surface area (Å²) in [5.74, 6) is -0.504. The summed E-state index contributed by atoms with van der Waals surface area (Å²) in [5, 5.41) is 9.87. The van der Waals surface area contributed by atoms with E-state index in [1.54, 1.807) is 6.08 Å². The molecule has 3 heteroatoms. The lowest BCUT2D eigenvalue weighted by atomic mass is 9.97. The van der Waals surface area contributed by atoms with E-state index in [2.05, 4.69) is 37.8 Å². The topological polar surface area (TPSA) is 38.7 Å². The molecule has 1 aliphatic rings. The highest BCUT2D eigenvalue weighted by Crippen LogP contribution is 2.33. The van der Waals surface area contributed by atoms with E-state index in [4.69, 9.17) is 9.47 Å². The van der Waals surface area contributed by atoms with Crippen molar-refractivity contribution in [1.29, 1.82) is 0 Å². The Kier molecular flexibility index (Phi) is 8.48. The standard InChI is InChI=1S/C28H38O3/c1-5-7-8-9-10-11-26-27(31-28(3,4)30-26)20-21-12-14-22(15-13-21)23-16-18-24(19-17-23)25(29)6-2/h6,12-19,25-27,29H,2,5,7-11,20H2,1,3-4H3/t25-,26+,27+/m0/s1. The van der Waals surface area contributed by atoms with Gasteiger partial charge in [0, 0.05) is 6.42 Å². The molecule has 0 saturated carbocycles. The normalized spacial score (nSPS) is 21.2. The number of aliphatic hydroxyl groups excluding tert-OH is 1. The Morgan fingerprint density at radius 2 is 1.48 bits per heavy atom. The van der Waals surface area contributed by atoms with Gasteiger partial charge in [0.1, 0.15) is 0 Å². The van der Waals surface area contributed by atoms with Crippen molar-refractivity contribution < 1.29 is 14.6 Å². The number of ether oxygens (including phenoxy) is 2. The minimum atomic E-state index is -0.617.